The minimum atomic E-state index is -0.863. The molecule has 0 aromatic heterocycles. The number of carboxylic acids is 1. The van der Waals surface area contributed by atoms with Gasteiger partial charge in [0.15, 0.2) is 0 Å². The number of halogens is 1. The lowest BCUT2D eigenvalue weighted by molar-refractivity contribution is -0.148. The van der Waals surface area contributed by atoms with Crippen molar-refractivity contribution in [2.45, 2.75) is 26.3 Å². The first-order valence-electron chi connectivity index (χ1n) is 7.10. The molecule has 3 atom stereocenters. The molecule has 1 amide bonds. The zero-order valence-corrected chi connectivity index (χ0v) is 13.0. The first-order valence-corrected chi connectivity index (χ1v) is 7.48. The summed E-state index contributed by atoms with van der Waals surface area (Å²) in [5.74, 6) is -1.63. The molecule has 114 valence electrons. The Hall–Kier alpha value is -1.55. The third kappa shape index (κ3) is 3.76. The summed E-state index contributed by atoms with van der Waals surface area (Å²) in [6.45, 7) is 2.47. The molecule has 5 heteroatoms. The molecule has 0 heterocycles. The lowest BCUT2D eigenvalue weighted by Gasteiger charge is -2.23. The number of carbonyl (C=O) groups is 2. The Labute approximate surface area is 129 Å². The SMILES string of the molecule is CC1CC(C(=O)O)C(C(=O)N(C)Cc2ccc(Cl)cc2)C1. The molecule has 4 nitrogen and oxygen atoms in total. The normalized spacial score (nSPS) is 24.8. The van der Waals surface area contributed by atoms with Crippen LogP contribution in [0.1, 0.15) is 25.3 Å². The largest absolute Gasteiger partial charge is 0.481 e. The number of hydrogen-bond acceptors (Lipinski definition) is 2. The zero-order valence-electron chi connectivity index (χ0n) is 12.3. The Balaban J connectivity index is 2.04. The number of nitrogens with zero attached hydrogens (tertiary/aromatic N) is 1. The maximum Gasteiger partial charge on any atom is 0.307 e. The van der Waals surface area contributed by atoms with Crippen LogP contribution in [0.4, 0.5) is 0 Å². The Morgan fingerprint density at radius 2 is 1.81 bits per heavy atom. The highest BCUT2D eigenvalue weighted by Crippen LogP contribution is 2.37. The van der Waals surface area contributed by atoms with Gasteiger partial charge in [0.05, 0.1) is 11.8 Å². The van der Waals surface area contributed by atoms with Gasteiger partial charge in [0.1, 0.15) is 0 Å². The minimum absolute atomic E-state index is 0.0818. The minimum Gasteiger partial charge on any atom is -0.481 e. The van der Waals surface area contributed by atoms with Crippen molar-refractivity contribution in [3.63, 3.8) is 0 Å². The van der Waals surface area contributed by atoms with Crippen molar-refractivity contribution in [3.05, 3.63) is 34.9 Å². The molecule has 0 radical (unpaired) electrons. The molecule has 1 saturated carbocycles. The average molecular weight is 310 g/mol. The summed E-state index contributed by atoms with van der Waals surface area (Å²) < 4.78 is 0. The molecule has 0 bridgehead atoms. The van der Waals surface area contributed by atoms with Gasteiger partial charge in [-0.25, -0.2) is 0 Å². The number of aliphatic carboxylic acids is 1. The molecule has 1 aromatic carbocycles. The lowest BCUT2D eigenvalue weighted by atomic mass is 9.95. The standard InChI is InChI=1S/C16H20ClNO3/c1-10-7-13(14(8-10)16(20)21)15(19)18(2)9-11-3-5-12(17)6-4-11/h3-6,10,13-14H,7-9H2,1-2H3,(H,20,21). The molecule has 21 heavy (non-hydrogen) atoms. The van der Waals surface area contributed by atoms with Crippen molar-refractivity contribution >= 4 is 23.5 Å². The van der Waals surface area contributed by atoms with Gasteiger partial charge in [0.25, 0.3) is 0 Å². The summed E-state index contributed by atoms with van der Waals surface area (Å²) >= 11 is 5.84. The van der Waals surface area contributed by atoms with E-state index in [1.807, 2.05) is 19.1 Å². The van der Waals surface area contributed by atoms with E-state index < -0.39 is 17.8 Å². The summed E-state index contributed by atoms with van der Waals surface area (Å²) in [6.07, 6.45) is 1.24. The van der Waals surface area contributed by atoms with Crippen LogP contribution in [-0.2, 0) is 16.1 Å². The van der Waals surface area contributed by atoms with E-state index in [0.29, 0.717) is 24.4 Å². The van der Waals surface area contributed by atoms with E-state index in [-0.39, 0.29) is 11.8 Å². The second-order valence-electron chi connectivity index (χ2n) is 5.95. The van der Waals surface area contributed by atoms with Gasteiger partial charge < -0.3 is 10.0 Å². The molecule has 3 unspecified atom stereocenters. The fourth-order valence-electron chi connectivity index (χ4n) is 3.06. The monoisotopic (exact) mass is 309 g/mol. The topological polar surface area (TPSA) is 57.6 Å². The van der Waals surface area contributed by atoms with Crippen LogP contribution >= 0.6 is 11.6 Å². The lowest BCUT2D eigenvalue weighted by Crippen LogP contribution is -2.36. The summed E-state index contributed by atoms with van der Waals surface area (Å²) in [7, 11) is 1.72. The van der Waals surface area contributed by atoms with Crippen molar-refractivity contribution in [3.8, 4) is 0 Å². The van der Waals surface area contributed by atoms with E-state index in [1.54, 1.807) is 24.1 Å². The van der Waals surface area contributed by atoms with Gasteiger partial charge in [-0.3, -0.25) is 9.59 Å². The Morgan fingerprint density at radius 1 is 1.24 bits per heavy atom. The quantitative estimate of drug-likeness (QED) is 0.930. The number of rotatable bonds is 4. The molecule has 1 N–H and O–H groups in total. The van der Waals surface area contributed by atoms with Gasteiger partial charge in [-0.2, -0.15) is 0 Å². The van der Waals surface area contributed by atoms with Gasteiger partial charge in [0.2, 0.25) is 5.91 Å². The van der Waals surface area contributed by atoms with Crippen molar-refractivity contribution in [2.24, 2.45) is 17.8 Å². The summed E-state index contributed by atoms with van der Waals surface area (Å²) in [5, 5.41) is 9.92. The number of carbonyl (C=O) groups excluding carboxylic acids is 1. The van der Waals surface area contributed by atoms with Crippen molar-refractivity contribution < 1.29 is 14.7 Å². The molecular weight excluding hydrogens is 290 g/mol. The maximum atomic E-state index is 12.5. The van der Waals surface area contributed by atoms with Crippen LogP contribution in [0.15, 0.2) is 24.3 Å². The van der Waals surface area contributed by atoms with E-state index in [1.165, 1.54) is 0 Å². The van der Waals surface area contributed by atoms with Crippen LogP contribution in [0.5, 0.6) is 0 Å². The van der Waals surface area contributed by atoms with Crippen molar-refractivity contribution in [1.29, 1.82) is 0 Å². The van der Waals surface area contributed by atoms with Crippen LogP contribution in [-0.4, -0.2) is 28.9 Å². The highest BCUT2D eigenvalue weighted by atomic mass is 35.5. The first kappa shape index (κ1) is 15.8. The highest BCUT2D eigenvalue weighted by molar-refractivity contribution is 6.30. The second-order valence-corrected chi connectivity index (χ2v) is 6.39. The molecule has 0 saturated heterocycles. The fraction of sp³-hybridized carbons (Fsp3) is 0.500. The third-order valence-electron chi connectivity index (χ3n) is 4.14. The third-order valence-corrected chi connectivity index (χ3v) is 4.39. The van der Waals surface area contributed by atoms with Crippen LogP contribution in [0, 0.1) is 17.8 Å². The second kappa shape index (κ2) is 6.48. The molecule has 2 rings (SSSR count). The van der Waals surface area contributed by atoms with Gasteiger partial charge in [-0.15, -0.1) is 0 Å². The number of carboxylic acid groups (broad SMARTS) is 1. The summed E-state index contributed by atoms with van der Waals surface area (Å²) in [4.78, 5) is 25.4. The highest BCUT2D eigenvalue weighted by Gasteiger charge is 2.42. The molecular formula is C16H20ClNO3. The summed E-state index contributed by atoms with van der Waals surface area (Å²) in [5.41, 5.74) is 0.980. The fourth-order valence-corrected chi connectivity index (χ4v) is 3.19. The predicted molar refractivity (Wildman–Crippen MR) is 80.9 cm³/mol. The van der Waals surface area contributed by atoms with Crippen LogP contribution in [0.25, 0.3) is 0 Å². The van der Waals surface area contributed by atoms with E-state index >= 15 is 0 Å². The number of hydrogen-bond donors (Lipinski definition) is 1. The Kier molecular flexibility index (Phi) is 4.88. The van der Waals surface area contributed by atoms with Gasteiger partial charge in [0, 0.05) is 18.6 Å². The Bertz CT molecular complexity index is 529. The van der Waals surface area contributed by atoms with E-state index in [2.05, 4.69) is 0 Å². The zero-order chi connectivity index (χ0) is 15.6. The van der Waals surface area contributed by atoms with Crippen molar-refractivity contribution in [2.75, 3.05) is 7.05 Å². The molecule has 1 fully saturated rings. The molecule has 1 aliphatic rings. The van der Waals surface area contributed by atoms with Crippen LogP contribution in [0.3, 0.4) is 0 Å². The smallest absolute Gasteiger partial charge is 0.307 e. The maximum absolute atomic E-state index is 12.5. The first-order chi connectivity index (χ1) is 9.88. The summed E-state index contributed by atoms with van der Waals surface area (Å²) in [6, 6.07) is 7.32. The van der Waals surface area contributed by atoms with Gasteiger partial charge in [-0.05, 0) is 36.5 Å². The van der Waals surface area contributed by atoms with E-state index in [0.717, 1.165) is 5.56 Å². The molecule has 1 aromatic rings. The van der Waals surface area contributed by atoms with Crippen LogP contribution in [0.2, 0.25) is 5.02 Å². The van der Waals surface area contributed by atoms with Crippen molar-refractivity contribution in [1.82, 2.24) is 4.90 Å². The molecule has 0 spiro atoms. The van der Waals surface area contributed by atoms with E-state index in [4.69, 9.17) is 11.6 Å². The predicted octanol–water partition coefficient (Wildman–Crippen LogP) is 3.05. The van der Waals surface area contributed by atoms with E-state index in [9.17, 15) is 14.7 Å². The molecule has 1 aliphatic carbocycles. The molecule has 0 aliphatic heterocycles. The Morgan fingerprint density at radius 3 is 2.38 bits per heavy atom. The average Bonchev–Trinajstić information content (AvgIpc) is 2.82. The van der Waals surface area contributed by atoms with Gasteiger partial charge in [-0.1, -0.05) is 30.7 Å². The number of benzene rings is 1. The van der Waals surface area contributed by atoms with Gasteiger partial charge >= 0.3 is 5.97 Å². The van der Waals surface area contributed by atoms with Crippen LogP contribution < -0.4 is 0 Å². The number of amides is 1.